The zero-order chi connectivity index (χ0) is 22.0. The van der Waals surface area contributed by atoms with Crippen LogP contribution in [0.3, 0.4) is 0 Å². The van der Waals surface area contributed by atoms with Gasteiger partial charge < -0.3 is 14.6 Å². The largest absolute Gasteiger partial charge is 0.401 e. The maximum atomic E-state index is 12.1. The molecule has 0 radical (unpaired) electrons. The first-order valence-corrected chi connectivity index (χ1v) is 9.81. The van der Waals surface area contributed by atoms with Crippen molar-refractivity contribution in [1.29, 1.82) is 0 Å². The number of hydrogen-bond donors (Lipinski definition) is 1. The van der Waals surface area contributed by atoms with E-state index in [0.717, 1.165) is 5.56 Å². The number of hydrogen-bond acceptors (Lipinski definition) is 7. The summed E-state index contributed by atoms with van der Waals surface area (Å²) in [5.41, 5.74) is 3.83. The molecule has 0 atom stereocenters. The summed E-state index contributed by atoms with van der Waals surface area (Å²) in [4.78, 5) is 22.7. The number of carbonyl (C=O) groups is 1. The van der Waals surface area contributed by atoms with Crippen molar-refractivity contribution in [3.8, 4) is 22.8 Å². The minimum atomic E-state index is -0.0633. The molecule has 0 unspecified atom stereocenters. The van der Waals surface area contributed by atoms with Crippen LogP contribution in [0.25, 0.3) is 22.8 Å². The fourth-order valence-electron chi connectivity index (χ4n) is 2.88. The van der Waals surface area contributed by atoms with Crippen molar-refractivity contribution >= 4 is 29.2 Å². The van der Waals surface area contributed by atoms with Crippen LogP contribution in [0.15, 0.2) is 59.1 Å². The van der Waals surface area contributed by atoms with E-state index in [2.05, 4.69) is 25.5 Å². The second kappa shape index (κ2) is 8.53. The second-order valence-electron chi connectivity index (χ2n) is 6.98. The van der Waals surface area contributed by atoms with Crippen LogP contribution in [0.4, 0.5) is 11.7 Å². The summed E-state index contributed by atoms with van der Waals surface area (Å²) in [5.74, 6) is 0.174. The Balaban J connectivity index is 0.00000193. The van der Waals surface area contributed by atoms with Crippen LogP contribution < -0.4 is 5.32 Å². The van der Waals surface area contributed by atoms with Gasteiger partial charge in [-0.1, -0.05) is 41.0 Å². The lowest BCUT2D eigenvalue weighted by Crippen LogP contribution is -2.21. The van der Waals surface area contributed by atoms with Crippen LogP contribution >= 0.6 is 11.6 Å². The van der Waals surface area contributed by atoms with Gasteiger partial charge in [0.15, 0.2) is 0 Å². The van der Waals surface area contributed by atoms with Gasteiger partial charge in [-0.05, 0) is 31.2 Å². The Bertz CT molecular complexity index is 1250. The second-order valence-corrected chi connectivity index (χ2v) is 7.39. The van der Waals surface area contributed by atoms with Crippen molar-refractivity contribution in [2.75, 3.05) is 19.4 Å². The summed E-state index contributed by atoms with van der Waals surface area (Å²) in [6.45, 7) is 1.82. The Hall–Kier alpha value is -3.78. The van der Waals surface area contributed by atoms with Crippen molar-refractivity contribution in [1.82, 2.24) is 25.1 Å². The van der Waals surface area contributed by atoms with Crippen molar-refractivity contribution in [3.05, 3.63) is 71.0 Å². The summed E-state index contributed by atoms with van der Waals surface area (Å²) in [6.07, 6.45) is 1.67. The molecule has 0 aliphatic heterocycles. The number of para-hydroxylation sites is 1. The minimum Gasteiger partial charge on any atom is -0.401 e. The third-order valence-corrected chi connectivity index (χ3v) is 4.86. The first kappa shape index (κ1) is 20.5. The van der Waals surface area contributed by atoms with Gasteiger partial charge in [-0.2, -0.15) is 0 Å². The lowest BCUT2D eigenvalue weighted by Gasteiger charge is -2.10. The molecule has 0 spiro atoms. The lowest BCUT2D eigenvalue weighted by molar-refractivity contribution is 0.0827. The highest BCUT2D eigenvalue weighted by molar-refractivity contribution is 6.33. The van der Waals surface area contributed by atoms with E-state index in [1.54, 1.807) is 38.5 Å². The molecule has 4 rings (SSSR count). The minimum absolute atomic E-state index is 0. The molecule has 2 heterocycles. The molecule has 31 heavy (non-hydrogen) atoms. The quantitative estimate of drug-likeness (QED) is 0.463. The SMILES string of the molecule is Cc1ncc(-c2ccc(C(=O)N(C)C)cc2)nc1-c1nnc(Nc2ccccc2Cl)o1.[HH].[HH]. The summed E-state index contributed by atoms with van der Waals surface area (Å²) < 4.78 is 5.73. The molecule has 9 heteroatoms. The van der Waals surface area contributed by atoms with Gasteiger partial charge in [0.1, 0.15) is 5.69 Å². The summed E-state index contributed by atoms with van der Waals surface area (Å²) in [6, 6.07) is 14.6. The van der Waals surface area contributed by atoms with Gasteiger partial charge in [0.2, 0.25) is 0 Å². The summed E-state index contributed by atoms with van der Waals surface area (Å²) in [5, 5.41) is 11.6. The van der Waals surface area contributed by atoms with E-state index in [1.165, 1.54) is 4.90 Å². The molecule has 0 aliphatic carbocycles. The zero-order valence-corrected chi connectivity index (χ0v) is 17.9. The third-order valence-electron chi connectivity index (χ3n) is 4.53. The van der Waals surface area contributed by atoms with Crippen LogP contribution in [0.1, 0.15) is 18.9 Å². The highest BCUT2D eigenvalue weighted by atomic mass is 35.5. The third kappa shape index (κ3) is 4.39. The number of rotatable bonds is 5. The molecular formula is C22H23ClN6O2. The molecule has 2 aromatic carbocycles. The maximum Gasteiger partial charge on any atom is 0.320 e. The highest BCUT2D eigenvalue weighted by Crippen LogP contribution is 2.28. The van der Waals surface area contributed by atoms with E-state index in [9.17, 15) is 4.79 Å². The number of halogens is 1. The predicted molar refractivity (Wildman–Crippen MR) is 122 cm³/mol. The molecule has 160 valence electrons. The van der Waals surface area contributed by atoms with Crippen LogP contribution in [-0.4, -0.2) is 45.1 Å². The van der Waals surface area contributed by atoms with Crippen LogP contribution in [-0.2, 0) is 0 Å². The van der Waals surface area contributed by atoms with Gasteiger partial charge in [0, 0.05) is 28.1 Å². The molecule has 8 nitrogen and oxygen atoms in total. The number of nitrogens with one attached hydrogen (secondary N) is 1. The molecule has 0 fully saturated rings. The Morgan fingerprint density at radius 3 is 2.55 bits per heavy atom. The fraction of sp³-hybridized carbons (Fsp3) is 0.136. The van der Waals surface area contributed by atoms with Crippen LogP contribution in [0.5, 0.6) is 0 Å². The molecular weight excluding hydrogens is 416 g/mol. The maximum absolute atomic E-state index is 12.1. The lowest BCUT2D eigenvalue weighted by atomic mass is 10.1. The van der Waals surface area contributed by atoms with Crippen molar-refractivity contribution in [3.63, 3.8) is 0 Å². The summed E-state index contributed by atoms with van der Waals surface area (Å²) >= 11 is 6.16. The summed E-state index contributed by atoms with van der Waals surface area (Å²) in [7, 11) is 3.43. The van der Waals surface area contributed by atoms with Gasteiger partial charge in [-0.3, -0.25) is 9.78 Å². The Kier molecular flexibility index (Phi) is 5.64. The van der Waals surface area contributed by atoms with E-state index in [0.29, 0.717) is 33.4 Å². The number of carbonyl (C=O) groups excluding carboxylic acids is 1. The van der Waals surface area contributed by atoms with Gasteiger partial charge in [0.25, 0.3) is 11.8 Å². The molecule has 4 aromatic rings. The Morgan fingerprint density at radius 1 is 1.10 bits per heavy atom. The van der Waals surface area contributed by atoms with Gasteiger partial charge in [-0.25, -0.2) is 4.98 Å². The van der Waals surface area contributed by atoms with Crippen molar-refractivity contribution < 1.29 is 12.1 Å². The topological polar surface area (TPSA) is 97.0 Å². The zero-order valence-electron chi connectivity index (χ0n) is 17.1. The molecule has 2 aromatic heterocycles. The van der Waals surface area contributed by atoms with Crippen LogP contribution in [0.2, 0.25) is 5.02 Å². The monoisotopic (exact) mass is 438 g/mol. The molecule has 1 amide bonds. The Morgan fingerprint density at radius 2 is 1.84 bits per heavy atom. The first-order valence-electron chi connectivity index (χ1n) is 9.43. The average Bonchev–Trinajstić information content (AvgIpc) is 3.23. The fourth-order valence-corrected chi connectivity index (χ4v) is 3.06. The van der Waals surface area contributed by atoms with E-state index in [-0.39, 0.29) is 20.7 Å². The number of benzene rings is 2. The molecule has 0 bridgehead atoms. The predicted octanol–water partition coefficient (Wildman–Crippen LogP) is 5.09. The molecule has 0 saturated heterocycles. The van der Waals surface area contributed by atoms with Gasteiger partial charge in [0.05, 0.1) is 28.3 Å². The number of aryl methyl sites for hydroxylation is 1. The normalized spacial score (nSPS) is 10.7. The standard InChI is InChI=1S/C22H19ClN6O2.2H2/c1-13-19(20-27-28-22(31-20)26-17-7-5-4-6-16(17)23)25-18(12-24-13)14-8-10-15(11-9-14)21(30)29(2)3;;/h4-12H,1-3H3,(H,26,28);2*1H. The number of aromatic nitrogens is 4. The first-order chi connectivity index (χ1) is 14.9. The van der Waals surface area contributed by atoms with E-state index in [1.807, 2.05) is 37.3 Å². The van der Waals surface area contributed by atoms with Crippen molar-refractivity contribution in [2.24, 2.45) is 0 Å². The van der Waals surface area contributed by atoms with Crippen LogP contribution in [0, 0.1) is 6.92 Å². The molecule has 0 aliphatic rings. The number of anilines is 2. The van der Waals surface area contributed by atoms with E-state index >= 15 is 0 Å². The number of nitrogens with zero attached hydrogens (tertiary/aromatic N) is 5. The average molecular weight is 439 g/mol. The van der Waals surface area contributed by atoms with Gasteiger partial charge >= 0.3 is 6.01 Å². The smallest absolute Gasteiger partial charge is 0.320 e. The van der Waals surface area contributed by atoms with E-state index in [4.69, 9.17) is 16.0 Å². The number of amides is 1. The van der Waals surface area contributed by atoms with Crippen molar-refractivity contribution in [2.45, 2.75) is 6.92 Å². The molecule has 1 N–H and O–H groups in total. The highest BCUT2D eigenvalue weighted by Gasteiger charge is 2.16. The van der Waals surface area contributed by atoms with Gasteiger partial charge in [-0.15, -0.1) is 5.10 Å². The Labute approximate surface area is 186 Å². The molecule has 0 saturated carbocycles. The van der Waals surface area contributed by atoms with E-state index < -0.39 is 0 Å².